The Hall–Kier alpha value is -1.28. The first kappa shape index (κ1) is 20.5. The number of nitrogens with zero attached hydrogens (tertiary/aromatic N) is 1. The van der Waals surface area contributed by atoms with E-state index in [4.69, 9.17) is 4.74 Å². The summed E-state index contributed by atoms with van der Waals surface area (Å²) in [5.74, 6) is -0.275. The van der Waals surface area contributed by atoms with E-state index in [1.165, 1.54) is 12.1 Å². The summed E-state index contributed by atoms with van der Waals surface area (Å²) in [7, 11) is -3.38. The fourth-order valence-electron chi connectivity index (χ4n) is 3.21. The number of sulfone groups is 1. The molecule has 0 aliphatic carbocycles. The number of hydrogen-bond donors (Lipinski definition) is 0. The van der Waals surface area contributed by atoms with E-state index in [-0.39, 0.29) is 17.7 Å². The second-order valence-electron chi connectivity index (χ2n) is 6.77. The molecule has 0 aromatic heterocycles. The largest absolute Gasteiger partial charge is 0.377 e. The van der Waals surface area contributed by atoms with Crippen LogP contribution in [0.25, 0.3) is 0 Å². The van der Waals surface area contributed by atoms with Crippen LogP contribution in [-0.4, -0.2) is 44.9 Å². The van der Waals surface area contributed by atoms with Crippen LogP contribution in [0.5, 0.6) is 0 Å². The van der Waals surface area contributed by atoms with E-state index in [0.29, 0.717) is 24.5 Å². The van der Waals surface area contributed by atoms with Crippen LogP contribution in [0.4, 0.5) is 4.39 Å². The van der Waals surface area contributed by atoms with Crippen LogP contribution in [0.15, 0.2) is 57.9 Å². The molecular formula is C20H23BrFNO3S. The lowest BCUT2D eigenvalue weighted by Gasteiger charge is -2.25. The van der Waals surface area contributed by atoms with Crippen molar-refractivity contribution in [3.63, 3.8) is 0 Å². The molecule has 4 nitrogen and oxygen atoms in total. The highest BCUT2D eigenvalue weighted by Gasteiger charge is 2.22. The minimum atomic E-state index is -3.38. The highest BCUT2D eigenvalue weighted by atomic mass is 79.9. The van der Waals surface area contributed by atoms with Crippen molar-refractivity contribution in [1.82, 2.24) is 4.90 Å². The summed E-state index contributed by atoms with van der Waals surface area (Å²) in [5, 5.41) is 0. The van der Waals surface area contributed by atoms with Gasteiger partial charge in [0.15, 0.2) is 9.84 Å². The second-order valence-corrected chi connectivity index (χ2v) is 9.80. The van der Waals surface area contributed by atoms with E-state index in [9.17, 15) is 12.8 Å². The third-order valence-electron chi connectivity index (χ3n) is 4.63. The van der Waals surface area contributed by atoms with E-state index in [1.54, 1.807) is 30.3 Å². The average Bonchev–Trinajstić information content (AvgIpc) is 3.13. The SMILES string of the molecule is O=S(=O)(CCN(Cc1cccc(F)c1)CC1CCCO1)c1ccc(Br)cc1. The first-order valence-corrected chi connectivity index (χ1v) is 11.4. The third kappa shape index (κ3) is 6.10. The zero-order valence-corrected chi connectivity index (χ0v) is 17.4. The van der Waals surface area contributed by atoms with Crippen LogP contribution in [0, 0.1) is 5.82 Å². The smallest absolute Gasteiger partial charge is 0.179 e. The molecule has 1 heterocycles. The van der Waals surface area contributed by atoms with Gasteiger partial charge in [-0.15, -0.1) is 0 Å². The molecule has 1 saturated heterocycles. The van der Waals surface area contributed by atoms with Crippen molar-refractivity contribution in [2.24, 2.45) is 0 Å². The van der Waals surface area contributed by atoms with Gasteiger partial charge in [0.2, 0.25) is 0 Å². The molecule has 1 fully saturated rings. The van der Waals surface area contributed by atoms with E-state index >= 15 is 0 Å². The normalized spacial score (nSPS) is 17.5. The molecule has 0 bridgehead atoms. The molecule has 1 atom stereocenters. The van der Waals surface area contributed by atoms with Crippen molar-refractivity contribution < 1.29 is 17.5 Å². The first-order valence-electron chi connectivity index (χ1n) is 8.99. The Morgan fingerprint density at radius 3 is 2.63 bits per heavy atom. The van der Waals surface area contributed by atoms with Gasteiger partial charge in [0.1, 0.15) is 5.82 Å². The van der Waals surface area contributed by atoms with E-state index in [2.05, 4.69) is 15.9 Å². The fraction of sp³-hybridized carbons (Fsp3) is 0.400. The predicted molar refractivity (Wildman–Crippen MR) is 107 cm³/mol. The maximum atomic E-state index is 13.5. The number of hydrogen-bond acceptors (Lipinski definition) is 4. The molecule has 27 heavy (non-hydrogen) atoms. The molecule has 1 aliphatic rings. The van der Waals surface area contributed by atoms with E-state index in [0.717, 1.165) is 29.5 Å². The Bertz CT molecular complexity index is 852. The van der Waals surface area contributed by atoms with Gasteiger partial charge in [-0.2, -0.15) is 0 Å². The van der Waals surface area contributed by atoms with Gasteiger partial charge in [0, 0.05) is 30.7 Å². The Balaban J connectivity index is 1.69. The number of ether oxygens (including phenoxy) is 1. The lowest BCUT2D eigenvalue weighted by Crippen LogP contribution is -2.35. The molecule has 0 radical (unpaired) electrons. The van der Waals surface area contributed by atoms with Crippen molar-refractivity contribution in [3.05, 3.63) is 64.4 Å². The summed E-state index contributed by atoms with van der Waals surface area (Å²) in [4.78, 5) is 2.36. The van der Waals surface area contributed by atoms with Gasteiger partial charge in [-0.25, -0.2) is 12.8 Å². The molecule has 0 saturated carbocycles. The van der Waals surface area contributed by atoms with Gasteiger partial charge in [0.25, 0.3) is 0 Å². The summed E-state index contributed by atoms with van der Waals surface area (Å²) >= 11 is 3.32. The van der Waals surface area contributed by atoms with Crippen molar-refractivity contribution >= 4 is 25.8 Å². The van der Waals surface area contributed by atoms with Crippen LogP contribution in [0.1, 0.15) is 18.4 Å². The number of rotatable bonds is 8. The molecular weight excluding hydrogens is 433 g/mol. The molecule has 146 valence electrons. The Kier molecular flexibility index (Phi) is 7.03. The van der Waals surface area contributed by atoms with Crippen molar-refractivity contribution in [2.45, 2.75) is 30.4 Å². The summed E-state index contributed by atoms with van der Waals surface area (Å²) < 4.78 is 45.4. The van der Waals surface area contributed by atoms with Crippen LogP contribution in [0.2, 0.25) is 0 Å². The van der Waals surface area contributed by atoms with Crippen molar-refractivity contribution in [3.8, 4) is 0 Å². The quantitative estimate of drug-likeness (QED) is 0.602. The average molecular weight is 456 g/mol. The van der Waals surface area contributed by atoms with E-state index < -0.39 is 9.84 Å². The Morgan fingerprint density at radius 2 is 1.96 bits per heavy atom. The van der Waals surface area contributed by atoms with Gasteiger partial charge < -0.3 is 4.74 Å². The molecule has 2 aromatic rings. The van der Waals surface area contributed by atoms with Gasteiger partial charge in [-0.05, 0) is 54.8 Å². The molecule has 0 N–H and O–H groups in total. The summed E-state index contributed by atoms with van der Waals surface area (Å²) in [6.07, 6.45) is 2.10. The first-order chi connectivity index (χ1) is 12.9. The lowest BCUT2D eigenvalue weighted by atomic mass is 10.2. The highest BCUT2D eigenvalue weighted by molar-refractivity contribution is 9.10. The maximum Gasteiger partial charge on any atom is 0.179 e. The highest BCUT2D eigenvalue weighted by Crippen LogP contribution is 2.18. The molecule has 0 spiro atoms. The lowest BCUT2D eigenvalue weighted by molar-refractivity contribution is 0.0727. The van der Waals surface area contributed by atoms with Crippen molar-refractivity contribution in [2.75, 3.05) is 25.4 Å². The van der Waals surface area contributed by atoms with E-state index in [1.807, 2.05) is 11.0 Å². The van der Waals surface area contributed by atoms with Gasteiger partial charge in [-0.3, -0.25) is 4.90 Å². The zero-order valence-electron chi connectivity index (χ0n) is 15.0. The molecule has 1 unspecified atom stereocenters. The third-order valence-corrected chi connectivity index (χ3v) is 6.87. The van der Waals surface area contributed by atoms with Gasteiger partial charge in [-0.1, -0.05) is 28.1 Å². The summed E-state index contributed by atoms with van der Waals surface area (Å²) in [6, 6.07) is 13.1. The zero-order chi connectivity index (χ0) is 19.3. The fourth-order valence-corrected chi connectivity index (χ4v) is 4.76. The Labute approximate surface area is 168 Å². The predicted octanol–water partition coefficient (Wildman–Crippen LogP) is 4.04. The Morgan fingerprint density at radius 1 is 1.19 bits per heavy atom. The minimum absolute atomic E-state index is 0.0106. The monoisotopic (exact) mass is 455 g/mol. The van der Waals surface area contributed by atoms with Crippen LogP contribution in [-0.2, 0) is 21.1 Å². The van der Waals surface area contributed by atoms with Gasteiger partial charge >= 0.3 is 0 Å². The number of benzene rings is 2. The molecule has 7 heteroatoms. The summed E-state index contributed by atoms with van der Waals surface area (Å²) in [6.45, 7) is 2.25. The standard InChI is InChI=1S/C20H23BrFNO3S/c21-17-6-8-20(9-7-17)27(24,25)12-10-23(15-19-5-2-11-26-19)14-16-3-1-4-18(22)13-16/h1,3-4,6-9,13,19H,2,5,10-12,14-15H2. The topological polar surface area (TPSA) is 46.6 Å². The van der Waals surface area contributed by atoms with Crippen molar-refractivity contribution in [1.29, 1.82) is 0 Å². The molecule has 1 aliphatic heterocycles. The minimum Gasteiger partial charge on any atom is -0.377 e. The number of halogens is 2. The summed E-state index contributed by atoms with van der Waals surface area (Å²) in [5.41, 5.74) is 0.828. The van der Waals surface area contributed by atoms with Crippen LogP contribution in [0.3, 0.4) is 0 Å². The second kappa shape index (κ2) is 9.28. The van der Waals surface area contributed by atoms with Crippen LogP contribution < -0.4 is 0 Å². The maximum absolute atomic E-state index is 13.5. The van der Waals surface area contributed by atoms with Crippen LogP contribution >= 0.6 is 15.9 Å². The molecule has 0 amide bonds. The molecule has 3 rings (SSSR count). The molecule has 2 aromatic carbocycles. The van der Waals surface area contributed by atoms with Gasteiger partial charge in [0.05, 0.1) is 16.8 Å².